The van der Waals surface area contributed by atoms with Crippen LogP contribution in [0.15, 0.2) is 30.3 Å². The lowest BCUT2D eigenvalue weighted by atomic mass is 9.95. The topological polar surface area (TPSA) is 116 Å². The molecule has 0 saturated carbocycles. The number of benzene rings is 1. The number of carbonyl (C=O) groups excluding carboxylic acids is 3. The Morgan fingerprint density at radius 2 is 1.89 bits per heavy atom. The van der Waals surface area contributed by atoms with Crippen molar-refractivity contribution in [3.05, 3.63) is 35.9 Å². The molecule has 1 aromatic rings. The molecule has 150 valence electrons. The maximum Gasteiger partial charge on any atom is 0.327 e. The number of thioether (sulfide) groups is 1. The van der Waals surface area contributed by atoms with Crippen molar-refractivity contribution >= 4 is 35.5 Å². The summed E-state index contributed by atoms with van der Waals surface area (Å²) < 4.78 is -0.666. The van der Waals surface area contributed by atoms with Crippen LogP contribution in [0.3, 0.4) is 0 Å². The van der Waals surface area contributed by atoms with Gasteiger partial charge in [-0.05, 0) is 19.4 Å². The number of carbonyl (C=O) groups is 4. The number of aliphatic carboxylic acids is 1. The first-order valence-corrected chi connectivity index (χ1v) is 9.92. The van der Waals surface area contributed by atoms with Gasteiger partial charge in [-0.1, -0.05) is 37.3 Å². The molecule has 3 N–H and O–H groups in total. The molecule has 4 unspecified atom stereocenters. The third kappa shape index (κ3) is 3.46. The summed E-state index contributed by atoms with van der Waals surface area (Å²) in [6.07, 6.45) is 0.222. The summed E-state index contributed by atoms with van der Waals surface area (Å²) in [7, 11) is 0. The number of β-lactam (4-membered cyclic amide) rings is 1. The molecule has 28 heavy (non-hydrogen) atoms. The highest BCUT2D eigenvalue weighted by atomic mass is 32.2. The van der Waals surface area contributed by atoms with Crippen LogP contribution in [-0.4, -0.2) is 55.9 Å². The van der Waals surface area contributed by atoms with Gasteiger partial charge in [-0.2, -0.15) is 0 Å². The number of carboxylic acids is 1. The van der Waals surface area contributed by atoms with Crippen LogP contribution in [0.4, 0.5) is 0 Å². The average Bonchev–Trinajstić information content (AvgIpc) is 2.92. The molecular weight excluding hydrogens is 382 g/mol. The van der Waals surface area contributed by atoms with Crippen molar-refractivity contribution in [2.24, 2.45) is 0 Å². The van der Waals surface area contributed by atoms with Gasteiger partial charge in [0.15, 0.2) is 0 Å². The summed E-state index contributed by atoms with van der Waals surface area (Å²) in [5.74, 6) is -2.26. The lowest BCUT2D eigenvalue weighted by Gasteiger charge is -2.44. The minimum Gasteiger partial charge on any atom is -0.480 e. The molecule has 2 saturated heterocycles. The van der Waals surface area contributed by atoms with Crippen molar-refractivity contribution in [2.45, 2.75) is 55.4 Å². The SMILES string of the molecule is CCC(=O)NC(C(=O)NC1C(=O)N2C1SC(C)(C)C2C(=O)O)c1ccccc1. The number of fused-ring (bicyclic) bond motifs is 1. The van der Waals surface area contributed by atoms with Crippen LogP contribution in [0.5, 0.6) is 0 Å². The van der Waals surface area contributed by atoms with Gasteiger partial charge in [0, 0.05) is 11.2 Å². The zero-order valence-electron chi connectivity index (χ0n) is 15.8. The molecule has 2 aliphatic rings. The normalized spacial score (nSPS) is 26.0. The molecule has 0 spiro atoms. The quantitative estimate of drug-likeness (QED) is 0.605. The second kappa shape index (κ2) is 7.46. The molecule has 4 atom stereocenters. The van der Waals surface area contributed by atoms with Crippen LogP contribution in [0.1, 0.15) is 38.8 Å². The fraction of sp³-hybridized carbons (Fsp3) is 0.474. The van der Waals surface area contributed by atoms with Gasteiger partial charge in [0.1, 0.15) is 23.5 Å². The third-order valence-corrected chi connectivity index (χ3v) is 6.57. The van der Waals surface area contributed by atoms with Crippen LogP contribution >= 0.6 is 11.8 Å². The lowest BCUT2D eigenvalue weighted by Crippen LogP contribution is -2.71. The molecule has 9 heteroatoms. The Balaban J connectivity index is 1.77. The van der Waals surface area contributed by atoms with Gasteiger partial charge in [0.2, 0.25) is 17.7 Å². The van der Waals surface area contributed by atoms with Gasteiger partial charge in [0.25, 0.3) is 0 Å². The number of amides is 3. The molecule has 2 fully saturated rings. The Kier molecular flexibility index (Phi) is 5.38. The minimum absolute atomic E-state index is 0.222. The van der Waals surface area contributed by atoms with Crippen molar-refractivity contribution in [2.75, 3.05) is 0 Å². The Labute approximate surface area is 167 Å². The number of hydrogen-bond donors (Lipinski definition) is 3. The lowest BCUT2D eigenvalue weighted by molar-refractivity contribution is -0.161. The van der Waals surface area contributed by atoms with Crippen molar-refractivity contribution in [3.63, 3.8) is 0 Å². The van der Waals surface area contributed by atoms with Gasteiger partial charge in [-0.3, -0.25) is 14.4 Å². The largest absolute Gasteiger partial charge is 0.480 e. The van der Waals surface area contributed by atoms with E-state index in [0.29, 0.717) is 5.56 Å². The summed E-state index contributed by atoms with van der Waals surface area (Å²) in [6.45, 7) is 5.23. The predicted molar refractivity (Wildman–Crippen MR) is 103 cm³/mol. The standard InChI is InChI=1S/C19H23N3O5S/c1-4-11(23)20-12(10-8-6-5-7-9-10)15(24)21-13-16(25)22-14(18(26)27)19(2,3)28-17(13)22/h5-9,12-14,17H,4H2,1-3H3,(H,20,23)(H,21,24)(H,26,27). The van der Waals surface area contributed by atoms with Crippen molar-refractivity contribution in [1.82, 2.24) is 15.5 Å². The van der Waals surface area contributed by atoms with Gasteiger partial charge in [0.05, 0.1) is 0 Å². The first-order chi connectivity index (χ1) is 13.2. The summed E-state index contributed by atoms with van der Waals surface area (Å²) in [4.78, 5) is 50.2. The number of nitrogens with one attached hydrogen (secondary N) is 2. The number of carboxylic acid groups (broad SMARTS) is 1. The Bertz CT molecular complexity index is 813. The van der Waals surface area contributed by atoms with Gasteiger partial charge in [-0.15, -0.1) is 11.8 Å². The average molecular weight is 405 g/mol. The van der Waals surface area contributed by atoms with Gasteiger partial charge < -0.3 is 20.6 Å². The van der Waals surface area contributed by atoms with E-state index in [4.69, 9.17) is 0 Å². The summed E-state index contributed by atoms with van der Waals surface area (Å²) in [6, 6.07) is 6.10. The second-order valence-electron chi connectivity index (χ2n) is 7.35. The number of nitrogens with zero attached hydrogens (tertiary/aromatic N) is 1. The van der Waals surface area contributed by atoms with Gasteiger partial charge in [-0.25, -0.2) is 4.79 Å². The molecule has 0 radical (unpaired) electrons. The van der Waals surface area contributed by atoms with E-state index in [0.717, 1.165) is 0 Å². The first-order valence-electron chi connectivity index (χ1n) is 9.05. The fourth-order valence-corrected chi connectivity index (χ4v) is 5.22. The number of rotatable bonds is 6. The summed E-state index contributed by atoms with van der Waals surface area (Å²) >= 11 is 1.36. The third-order valence-electron chi connectivity index (χ3n) is 4.99. The molecule has 8 nitrogen and oxygen atoms in total. The Morgan fingerprint density at radius 1 is 1.25 bits per heavy atom. The Morgan fingerprint density at radius 3 is 2.46 bits per heavy atom. The van der Waals surface area contributed by atoms with Gasteiger partial charge >= 0.3 is 5.97 Å². The number of hydrogen-bond acceptors (Lipinski definition) is 5. The molecule has 3 rings (SSSR count). The van der Waals surface area contributed by atoms with Crippen LogP contribution in [0.25, 0.3) is 0 Å². The van der Waals surface area contributed by atoms with Crippen molar-refractivity contribution in [3.8, 4) is 0 Å². The van der Waals surface area contributed by atoms with E-state index in [1.54, 1.807) is 51.1 Å². The van der Waals surface area contributed by atoms with E-state index in [1.165, 1.54) is 16.7 Å². The van der Waals surface area contributed by atoms with E-state index in [9.17, 15) is 24.3 Å². The summed E-state index contributed by atoms with van der Waals surface area (Å²) in [5.41, 5.74) is 0.605. The van der Waals surface area contributed by atoms with Crippen LogP contribution in [0, 0.1) is 0 Å². The first kappa shape index (κ1) is 20.2. The zero-order chi connectivity index (χ0) is 20.6. The second-order valence-corrected chi connectivity index (χ2v) is 9.12. The molecule has 2 aliphatic heterocycles. The molecule has 0 aromatic heterocycles. The highest BCUT2D eigenvalue weighted by molar-refractivity contribution is 8.01. The minimum atomic E-state index is -1.06. The van der Waals surface area contributed by atoms with E-state index in [1.807, 2.05) is 0 Å². The predicted octanol–water partition coefficient (Wildman–Crippen LogP) is 0.886. The fourth-order valence-electron chi connectivity index (χ4n) is 3.59. The highest BCUT2D eigenvalue weighted by Crippen LogP contribution is 2.50. The van der Waals surface area contributed by atoms with Crippen molar-refractivity contribution < 1.29 is 24.3 Å². The molecule has 2 heterocycles. The summed E-state index contributed by atoms with van der Waals surface area (Å²) in [5, 5.41) is 14.4. The van der Waals surface area contributed by atoms with E-state index in [2.05, 4.69) is 10.6 Å². The molecule has 0 aliphatic carbocycles. The highest BCUT2D eigenvalue weighted by Gasteiger charge is 2.64. The Hall–Kier alpha value is -2.55. The molecule has 1 aromatic carbocycles. The van der Waals surface area contributed by atoms with E-state index in [-0.39, 0.29) is 12.3 Å². The molecule has 0 bridgehead atoms. The van der Waals surface area contributed by atoms with E-state index >= 15 is 0 Å². The zero-order valence-corrected chi connectivity index (χ0v) is 16.7. The molecule has 3 amide bonds. The van der Waals surface area contributed by atoms with E-state index < -0.39 is 46.0 Å². The maximum absolute atomic E-state index is 12.9. The monoisotopic (exact) mass is 405 g/mol. The smallest absolute Gasteiger partial charge is 0.327 e. The van der Waals surface area contributed by atoms with Crippen molar-refractivity contribution in [1.29, 1.82) is 0 Å². The van der Waals surface area contributed by atoms with Crippen LogP contribution in [0.2, 0.25) is 0 Å². The maximum atomic E-state index is 12.9. The van der Waals surface area contributed by atoms with Crippen LogP contribution in [-0.2, 0) is 19.2 Å². The van der Waals surface area contributed by atoms with Crippen LogP contribution < -0.4 is 10.6 Å². The molecular formula is C19H23N3O5S.